The van der Waals surface area contributed by atoms with E-state index in [1.54, 1.807) is 29.7 Å². The van der Waals surface area contributed by atoms with Crippen LogP contribution < -0.4 is 16.1 Å². The van der Waals surface area contributed by atoms with Gasteiger partial charge in [-0.2, -0.15) is 0 Å². The van der Waals surface area contributed by atoms with Crippen molar-refractivity contribution in [3.05, 3.63) is 71.3 Å². The summed E-state index contributed by atoms with van der Waals surface area (Å²) >= 11 is 0. The number of carbonyl (C=O) groups excluding carboxylic acids is 4. The lowest BCUT2D eigenvalue weighted by Gasteiger charge is -2.18. The minimum Gasteiger partial charge on any atom is -0.354 e. The van der Waals surface area contributed by atoms with Gasteiger partial charge in [-0.3, -0.25) is 29.3 Å². The van der Waals surface area contributed by atoms with Crippen molar-refractivity contribution in [3.63, 3.8) is 0 Å². The molecule has 1 aliphatic rings. The number of hydrogen-bond donors (Lipinski definition) is 4. The molecule has 0 saturated carbocycles. The van der Waals surface area contributed by atoms with Crippen molar-refractivity contribution in [1.29, 1.82) is 0 Å². The number of nitrogens with zero attached hydrogens (tertiary/aromatic N) is 1. The van der Waals surface area contributed by atoms with Gasteiger partial charge in [0.2, 0.25) is 5.91 Å². The van der Waals surface area contributed by atoms with Crippen LogP contribution >= 0.6 is 0 Å². The number of aryl methyl sites for hydroxylation is 1. The van der Waals surface area contributed by atoms with Crippen LogP contribution in [0.2, 0.25) is 0 Å². The molecular weight excluding hydrogens is 424 g/mol. The summed E-state index contributed by atoms with van der Waals surface area (Å²) in [6, 6.07) is 15.5. The number of benzene rings is 2. The second kappa shape index (κ2) is 11.9. The molecule has 0 spiro atoms. The number of amides is 4. The van der Waals surface area contributed by atoms with Crippen molar-refractivity contribution in [1.82, 2.24) is 21.0 Å². The lowest BCUT2D eigenvalue weighted by Crippen LogP contribution is -2.50. The minimum absolute atomic E-state index is 0.0262. The average Bonchev–Trinajstić information content (AvgIpc) is 3.09. The second-order valence-corrected chi connectivity index (χ2v) is 7.79. The van der Waals surface area contributed by atoms with E-state index in [9.17, 15) is 19.2 Å². The number of nitrogens with one attached hydrogen (secondary N) is 3. The van der Waals surface area contributed by atoms with E-state index in [1.807, 2.05) is 30.3 Å². The van der Waals surface area contributed by atoms with Crippen LogP contribution in [-0.4, -0.2) is 59.4 Å². The maximum absolute atomic E-state index is 12.4. The number of fused-ring (bicyclic) bond motifs is 1. The number of carbonyl (C=O) groups is 4. The normalized spacial score (nSPS) is 13.5. The third-order valence-electron chi connectivity index (χ3n) is 5.49. The lowest BCUT2D eigenvalue weighted by molar-refractivity contribution is -0.131. The Morgan fingerprint density at radius 1 is 0.909 bits per heavy atom. The lowest BCUT2D eigenvalue weighted by atomic mass is 10.1. The van der Waals surface area contributed by atoms with Crippen LogP contribution in [0, 0.1) is 0 Å². The van der Waals surface area contributed by atoms with E-state index < -0.39 is 11.9 Å². The summed E-state index contributed by atoms with van der Waals surface area (Å²) in [6.07, 6.45) is 2.02. The highest BCUT2D eigenvalue weighted by molar-refractivity contribution is 6.21. The Kier molecular flexibility index (Phi) is 8.68. The van der Waals surface area contributed by atoms with E-state index >= 15 is 0 Å². The smallest absolute Gasteiger partial charge is 0.262 e. The molecule has 1 atom stereocenters. The Morgan fingerprint density at radius 2 is 1.55 bits per heavy atom. The van der Waals surface area contributed by atoms with Crippen LogP contribution in [-0.2, 0) is 16.0 Å². The molecule has 0 saturated heterocycles. The topological polar surface area (TPSA) is 128 Å². The van der Waals surface area contributed by atoms with E-state index in [-0.39, 0.29) is 37.2 Å². The summed E-state index contributed by atoms with van der Waals surface area (Å²) in [7, 11) is 0. The van der Waals surface area contributed by atoms with Crippen LogP contribution in [0.5, 0.6) is 0 Å². The van der Waals surface area contributed by atoms with E-state index in [1.165, 1.54) is 4.90 Å². The fourth-order valence-electron chi connectivity index (χ4n) is 3.66. The highest BCUT2D eigenvalue weighted by atomic mass is 16.5. The molecule has 1 heterocycles. The molecule has 0 aliphatic carbocycles. The maximum atomic E-state index is 12.4. The van der Waals surface area contributed by atoms with Gasteiger partial charge in [0.05, 0.1) is 11.1 Å². The van der Waals surface area contributed by atoms with Crippen LogP contribution in [0.4, 0.5) is 0 Å². The van der Waals surface area contributed by atoms with E-state index in [0.29, 0.717) is 36.9 Å². The molecule has 0 aromatic heterocycles. The molecule has 3 rings (SSSR count). The van der Waals surface area contributed by atoms with Gasteiger partial charge in [0.15, 0.2) is 0 Å². The molecule has 4 amide bonds. The van der Waals surface area contributed by atoms with E-state index in [2.05, 4.69) is 10.6 Å². The van der Waals surface area contributed by atoms with Gasteiger partial charge >= 0.3 is 0 Å². The Hall–Kier alpha value is -3.56. The third-order valence-corrected chi connectivity index (χ3v) is 5.49. The first-order chi connectivity index (χ1) is 16.0. The van der Waals surface area contributed by atoms with Crippen molar-refractivity contribution in [2.24, 2.45) is 0 Å². The van der Waals surface area contributed by atoms with Crippen molar-refractivity contribution >= 4 is 23.6 Å². The van der Waals surface area contributed by atoms with Crippen LogP contribution in [0.3, 0.4) is 0 Å². The summed E-state index contributed by atoms with van der Waals surface area (Å²) in [5.41, 5.74) is 3.49. The Labute approximate surface area is 192 Å². The maximum Gasteiger partial charge on any atom is 0.262 e. The van der Waals surface area contributed by atoms with E-state index in [0.717, 1.165) is 5.56 Å². The Bertz CT molecular complexity index is 960. The standard InChI is InChI=1S/C24H28N4O5/c29-21(13-12-17-8-2-1-3-9-17)26-16-20(22(30)27-33)25-14-6-7-15-28-23(31)18-10-4-5-11-19(18)24(28)32/h1-5,8-11,20,25,33H,6-7,12-16H2,(H,26,29)(H,27,30)/t20-/m0/s1. The van der Waals surface area contributed by atoms with Gasteiger partial charge in [-0.05, 0) is 43.5 Å². The average molecular weight is 453 g/mol. The molecule has 33 heavy (non-hydrogen) atoms. The van der Waals surface area contributed by atoms with Crippen molar-refractivity contribution in [3.8, 4) is 0 Å². The highest BCUT2D eigenvalue weighted by Crippen LogP contribution is 2.22. The quantitative estimate of drug-likeness (QED) is 0.166. The van der Waals surface area contributed by atoms with Gasteiger partial charge in [-0.15, -0.1) is 0 Å². The predicted octanol–water partition coefficient (Wildman–Crippen LogP) is 1.28. The number of hydrogen-bond acceptors (Lipinski definition) is 6. The molecule has 9 nitrogen and oxygen atoms in total. The van der Waals surface area contributed by atoms with Crippen LogP contribution in [0.25, 0.3) is 0 Å². The number of hydroxylamine groups is 1. The third kappa shape index (κ3) is 6.47. The van der Waals surface area contributed by atoms with Crippen LogP contribution in [0.15, 0.2) is 54.6 Å². The number of imide groups is 1. The van der Waals surface area contributed by atoms with Gasteiger partial charge in [0.1, 0.15) is 6.04 Å². The number of unbranched alkanes of at least 4 members (excludes halogenated alkanes) is 1. The predicted molar refractivity (Wildman–Crippen MR) is 121 cm³/mol. The largest absolute Gasteiger partial charge is 0.354 e. The molecule has 9 heteroatoms. The molecule has 0 unspecified atom stereocenters. The molecule has 2 aromatic rings. The molecule has 174 valence electrons. The first kappa shape index (κ1) is 24.1. The molecular formula is C24H28N4O5. The van der Waals surface area contributed by atoms with Gasteiger partial charge in [-0.1, -0.05) is 42.5 Å². The van der Waals surface area contributed by atoms with E-state index in [4.69, 9.17) is 5.21 Å². The fourth-order valence-corrected chi connectivity index (χ4v) is 3.66. The molecule has 0 fully saturated rings. The van der Waals surface area contributed by atoms with Crippen LogP contribution in [0.1, 0.15) is 45.5 Å². The molecule has 0 bridgehead atoms. The molecule has 2 aromatic carbocycles. The zero-order valence-electron chi connectivity index (χ0n) is 18.3. The van der Waals surface area contributed by atoms with Crippen molar-refractivity contribution < 1.29 is 24.4 Å². The van der Waals surface area contributed by atoms with Crippen molar-refractivity contribution in [2.75, 3.05) is 19.6 Å². The summed E-state index contributed by atoms with van der Waals surface area (Å²) < 4.78 is 0. The summed E-state index contributed by atoms with van der Waals surface area (Å²) in [5, 5.41) is 14.7. The second-order valence-electron chi connectivity index (χ2n) is 7.79. The summed E-state index contributed by atoms with van der Waals surface area (Å²) in [4.78, 5) is 50.0. The first-order valence-electron chi connectivity index (χ1n) is 10.9. The molecule has 0 radical (unpaired) electrons. The summed E-state index contributed by atoms with van der Waals surface area (Å²) in [6.45, 7) is 0.709. The van der Waals surface area contributed by atoms with Gasteiger partial charge in [0, 0.05) is 19.5 Å². The highest BCUT2D eigenvalue weighted by Gasteiger charge is 2.34. The fraction of sp³-hybridized carbons (Fsp3) is 0.333. The monoisotopic (exact) mass is 452 g/mol. The Balaban J connectivity index is 1.37. The van der Waals surface area contributed by atoms with Crippen molar-refractivity contribution in [2.45, 2.75) is 31.7 Å². The molecule has 1 aliphatic heterocycles. The first-order valence-corrected chi connectivity index (χ1v) is 10.9. The van der Waals surface area contributed by atoms with Gasteiger partial charge < -0.3 is 10.6 Å². The number of rotatable bonds is 12. The Morgan fingerprint density at radius 3 is 2.18 bits per heavy atom. The molecule has 4 N–H and O–H groups in total. The minimum atomic E-state index is -0.810. The van der Waals surface area contributed by atoms with Gasteiger partial charge in [0.25, 0.3) is 17.7 Å². The zero-order valence-corrected chi connectivity index (χ0v) is 18.3. The SMILES string of the molecule is O=C(CCc1ccccc1)NC[C@H](NCCCCN1C(=O)c2ccccc2C1=O)C(=O)NO. The van der Waals surface area contributed by atoms with Gasteiger partial charge in [-0.25, -0.2) is 5.48 Å². The summed E-state index contributed by atoms with van der Waals surface area (Å²) in [5.74, 6) is -1.43. The zero-order chi connectivity index (χ0) is 23.6.